The Morgan fingerprint density at radius 2 is 2.15 bits per heavy atom. The van der Waals surface area contributed by atoms with Gasteiger partial charge in [-0.2, -0.15) is 0 Å². The Morgan fingerprint density at radius 3 is 2.70 bits per heavy atom. The highest BCUT2D eigenvalue weighted by Crippen LogP contribution is 2.35. The highest BCUT2D eigenvalue weighted by molar-refractivity contribution is 5.68. The lowest BCUT2D eigenvalue weighted by molar-refractivity contribution is -0.141. The Balaban J connectivity index is 2.00. The van der Waals surface area contributed by atoms with E-state index in [2.05, 4.69) is 16.9 Å². The van der Waals surface area contributed by atoms with Crippen LogP contribution in [0.15, 0.2) is 12.4 Å². The van der Waals surface area contributed by atoms with Crippen molar-refractivity contribution in [1.29, 1.82) is 0 Å². The van der Waals surface area contributed by atoms with Gasteiger partial charge < -0.3 is 9.67 Å². The third-order valence-electron chi connectivity index (χ3n) is 4.67. The number of carboxylic acids is 1. The monoisotopic (exact) mass is 279 g/mol. The molecule has 112 valence electrons. The van der Waals surface area contributed by atoms with Crippen LogP contribution in [0.4, 0.5) is 0 Å². The standard InChI is InChI=1S/C15H25N3O2/c1-17-11-9-16-13(17)6-10-18(2)15(12-14(19)20)7-4-3-5-8-15/h9,11H,3-8,10,12H2,1-2H3,(H,19,20). The van der Waals surface area contributed by atoms with Gasteiger partial charge in [0.05, 0.1) is 6.42 Å². The van der Waals surface area contributed by atoms with Crippen molar-refractivity contribution in [2.24, 2.45) is 7.05 Å². The second-order valence-corrected chi connectivity index (χ2v) is 5.98. The summed E-state index contributed by atoms with van der Waals surface area (Å²) in [5.41, 5.74) is -0.157. The molecular weight excluding hydrogens is 254 g/mol. The molecule has 2 rings (SSSR count). The van der Waals surface area contributed by atoms with E-state index in [-0.39, 0.29) is 12.0 Å². The van der Waals surface area contributed by atoms with Crippen molar-refractivity contribution in [2.45, 2.75) is 50.5 Å². The van der Waals surface area contributed by atoms with Crippen LogP contribution in [-0.4, -0.2) is 44.7 Å². The maximum absolute atomic E-state index is 11.2. The number of likely N-dealkylation sites (N-methyl/N-ethyl adjacent to an activating group) is 1. The van der Waals surface area contributed by atoms with E-state index in [1.54, 1.807) is 0 Å². The molecule has 1 saturated carbocycles. The molecule has 0 aliphatic heterocycles. The summed E-state index contributed by atoms with van der Waals surface area (Å²) in [7, 11) is 4.06. The molecule has 0 unspecified atom stereocenters. The van der Waals surface area contributed by atoms with Crippen LogP contribution in [0.5, 0.6) is 0 Å². The molecular formula is C15H25N3O2. The third-order valence-corrected chi connectivity index (χ3v) is 4.67. The van der Waals surface area contributed by atoms with Crippen LogP contribution in [0.3, 0.4) is 0 Å². The van der Waals surface area contributed by atoms with E-state index >= 15 is 0 Å². The van der Waals surface area contributed by atoms with Crippen molar-refractivity contribution in [2.75, 3.05) is 13.6 Å². The van der Waals surface area contributed by atoms with Gasteiger partial charge in [-0.15, -0.1) is 0 Å². The summed E-state index contributed by atoms with van der Waals surface area (Å²) in [6, 6.07) is 0. The Hall–Kier alpha value is -1.36. The zero-order chi connectivity index (χ0) is 14.6. The highest BCUT2D eigenvalue weighted by atomic mass is 16.4. The fourth-order valence-electron chi connectivity index (χ4n) is 3.33. The van der Waals surface area contributed by atoms with Gasteiger partial charge in [-0.1, -0.05) is 19.3 Å². The third kappa shape index (κ3) is 3.39. The maximum Gasteiger partial charge on any atom is 0.305 e. The van der Waals surface area contributed by atoms with Gasteiger partial charge >= 0.3 is 5.97 Å². The molecule has 20 heavy (non-hydrogen) atoms. The number of nitrogens with zero attached hydrogens (tertiary/aromatic N) is 3. The van der Waals surface area contributed by atoms with E-state index in [1.165, 1.54) is 6.42 Å². The average Bonchev–Trinajstić information content (AvgIpc) is 2.81. The fourth-order valence-corrected chi connectivity index (χ4v) is 3.33. The van der Waals surface area contributed by atoms with Crippen molar-refractivity contribution < 1.29 is 9.90 Å². The summed E-state index contributed by atoms with van der Waals surface area (Å²) in [6.45, 7) is 0.859. The molecule has 1 N–H and O–H groups in total. The number of imidazole rings is 1. The molecule has 0 atom stereocenters. The van der Waals surface area contributed by atoms with E-state index in [9.17, 15) is 9.90 Å². The van der Waals surface area contributed by atoms with Gasteiger partial charge in [0, 0.05) is 37.9 Å². The second kappa shape index (κ2) is 6.39. The largest absolute Gasteiger partial charge is 0.481 e. The zero-order valence-electron chi connectivity index (χ0n) is 12.5. The van der Waals surface area contributed by atoms with Gasteiger partial charge in [-0.05, 0) is 19.9 Å². The van der Waals surface area contributed by atoms with E-state index < -0.39 is 5.97 Å². The molecule has 0 bridgehead atoms. The number of aryl methyl sites for hydroxylation is 1. The number of carboxylic acid groups (broad SMARTS) is 1. The molecule has 0 amide bonds. The van der Waals surface area contributed by atoms with Gasteiger partial charge in [0.25, 0.3) is 0 Å². The number of hydrogen-bond donors (Lipinski definition) is 1. The van der Waals surface area contributed by atoms with Crippen molar-refractivity contribution in [3.05, 3.63) is 18.2 Å². The lowest BCUT2D eigenvalue weighted by Crippen LogP contribution is -2.50. The minimum Gasteiger partial charge on any atom is -0.481 e. The summed E-state index contributed by atoms with van der Waals surface area (Å²) >= 11 is 0. The summed E-state index contributed by atoms with van der Waals surface area (Å²) in [5, 5.41) is 9.23. The molecule has 1 aromatic rings. The summed E-state index contributed by atoms with van der Waals surface area (Å²) < 4.78 is 2.03. The average molecular weight is 279 g/mol. The van der Waals surface area contributed by atoms with Crippen molar-refractivity contribution in [1.82, 2.24) is 14.5 Å². The molecule has 5 heteroatoms. The van der Waals surface area contributed by atoms with Gasteiger partial charge in [0.1, 0.15) is 5.82 Å². The van der Waals surface area contributed by atoms with Crippen LogP contribution < -0.4 is 0 Å². The van der Waals surface area contributed by atoms with Crippen LogP contribution in [-0.2, 0) is 18.3 Å². The molecule has 1 aromatic heterocycles. The highest BCUT2D eigenvalue weighted by Gasteiger charge is 2.37. The maximum atomic E-state index is 11.2. The van der Waals surface area contributed by atoms with E-state index in [4.69, 9.17) is 0 Å². The van der Waals surface area contributed by atoms with Crippen molar-refractivity contribution in [3.8, 4) is 0 Å². The van der Waals surface area contributed by atoms with Crippen LogP contribution in [0.1, 0.15) is 44.3 Å². The molecule has 1 heterocycles. The number of carbonyl (C=O) groups is 1. The van der Waals surface area contributed by atoms with E-state index in [0.717, 1.165) is 44.5 Å². The topological polar surface area (TPSA) is 58.4 Å². The molecule has 0 spiro atoms. The normalized spacial score (nSPS) is 18.4. The Labute approximate surface area is 120 Å². The van der Waals surface area contributed by atoms with E-state index in [0.29, 0.717) is 0 Å². The molecule has 1 aliphatic rings. The van der Waals surface area contributed by atoms with Gasteiger partial charge in [-0.25, -0.2) is 4.98 Å². The van der Waals surface area contributed by atoms with E-state index in [1.807, 2.05) is 24.0 Å². The van der Waals surface area contributed by atoms with Crippen molar-refractivity contribution >= 4 is 5.97 Å². The lowest BCUT2D eigenvalue weighted by atomic mass is 9.78. The number of aromatic nitrogens is 2. The molecule has 1 aliphatic carbocycles. The Morgan fingerprint density at radius 1 is 1.45 bits per heavy atom. The number of aliphatic carboxylic acids is 1. The first-order valence-electron chi connectivity index (χ1n) is 7.43. The predicted octanol–water partition coefficient (Wildman–Crippen LogP) is 2.07. The van der Waals surface area contributed by atoms with Crippen molar-refractivity contribution in [3.63, 3.8) is 0 Å². The Bertz CT molecular complexity index is 450. The lowest BCUT2D eigenvalue weighted by Gasteiger charge is -2.44. The Kier molecular flexibility index (Phi) is 4.81. The fraction of sp³-hybridized carbons (Fsp3) is 0.733. The first-order valence-corrected chi connectivity index (χ1v) is 7.43. The zero-order valence-corrected chi connectivity index (χ0v) is 12.5. The molecule has 0 saturated heterocycles. The van der Waals surface area contributed by atoms with Gasteiger partial charge in [-0.3, -0.25) is 9.69 Å². The van der Waals surface area contributed by atoms with Gasteiger partial charge in [0.15, 0.2) is 0 Å². The first-order chi connectivity index (χ1) is 9.53. The number of rotatable bonds is 6. The quantitative estimate of drug-likeness (QED) is 0.866. The minimum absolute atomic E-state index is 0.157. The van der Waals surface area contributed by atoms with Crippen LogP contribution in [0.25, 0.3) is 0 Å². The number of hydrogen-bond acceptors (Lipinski definition) is 3. The summed E-state index contributed by atoms with van der Waals surface area (Å²) in [6.07, 6.45) is 10.4. The minimum atomic E-state index is -0.684. The SMILES string of the molecule is CN(CCc1nccn1C)C1(CC(=O)O)CCCCC1. The molecule has 0 aromatic carbocycles. The van der Waals surface area contributed by atoms with Gasteiger partial charge in [0.2, 0.25) is 0 Å². The van der Waals surface area contributed by atoms with Crippen LogP contribution in [0, 0.1) is 0 Å². The molecule has 0 radical (unpaired) electrons. The summed E-state index contributed by atoms with van der Waals surface area (Å²) in [4.78, 5) is 17.8. The smallest absolute Gasteiger partial charge is 0.305 e. The van der Waals surface area contributed by atoms with Crippen LogP contribution in [0.2, 0.25) is 0 Å². The second-order valence-electron chi connectivity index (χ2n) is 5.98. The predicted molar refractivity (Wildman–Crippen MR) is 77.6 cm³/mol. The molecule has 1 fully saturated rings. The summed E-state index contributed by atoms with van der Waals surface area (Å²) in [5.74, 6) is 0.369. The first kappa shape index (κ1) is 15.0. The molecule has 5 nitrogen and oxygen atoms in total. The van der Waals surface area contributed by atoms with Crippen LogP contribution >= 0.6 is 0 Å².